The van der Waals surface area contributed by atoms with Crippen molar-refractivity contribution in [2.45, 2.75) is 82.4 Å². The molecule has 0 fully saturated rings. The first kappa shape index (κ1) is 24.5. The lowest BCUT2D eigenvalue weighted by Crippen LogP contribution is -2.16. The Morgan fingerprint density at radius 3 is 2.14 bits per heavy atom. The minimum atomic E-state index is -3.92. The molecule has 0 radical (unpaired) electrons. The van der Waals surface area contributed by atoms with Crippen LogP contribution in [-0.2, 0) is 19.3 Å². The van der Waals surface area contributed by atoms with Gasteiger partial charge in [0.1, 0.15) is 0 Å². The summed E-state index contributed by atoms with van der Waals surface area (Å²) in [5.74, 6) is 2.76. The van der Waals surface area contributed by atoms with Crippen molar-refractivity contribution in [2.24, 2.45) is 0 Å². The summed E-state index contributed by atoms with van der Waals surface area (Å²) in [6, 6.07) is 7.83. The van der Waals surface area contributed by atoms with Gasteiger partial charge in [0.15, 0.2) is 6.11 Å². The molecule has 0 aliphatic carbocycles. The van der Waals surface area contributed by atoms with E-state index in [1.165, 1.54) is 63.5 Å². The lowest BCUT2D eigenvalue weighted by Gasteiger charge is -2.04. The minimum Gasteiger partial charge on any atom is -0.317 e. The largest absolute Gasteiger partial charge is 0.333 e. The van der Waals surface area contributed by atoms with Crippen LogP contribution in [0.2, 0.25) is 0 Å². The van der Waals surface area contributed by atoms with Gasteiger partial charge in [0.25, 0.3) is 0 Å². The lowest BCUT2D eigenvalue weighted by atomic mass is 10.1. The van der Waals surface area contributed by atoms with E-state index in [9.17, 15) is 8.42 Å². The predicted octanol–water partition coefficient (Wildman–Crippen LogP) is 5.19. The molecule has 1 aromatic rings. The normalized spacial score (nSPS) is 11.0. The Bertz CT molecular complexity index is 650. The first-order valence-corrected chi connectivity index (χ1v) is 11.9. The highest BCUT2D eigenvalue weighted by molar-refractivity contribution is 7.86. The number of hydrogen-bond acceptors (Lipinski definition) is 5. The van der Waals surface area contributed by atoms with E-state index in [0.29, 0.717) is 6.42 Å². The first-order chi connectivity index (χ1) is 13.7. The van der Waals surface area contributed by atoms with Gasteiger partial charge in [-0.2, -0.15) is 8.42 Å². The summed E-state index contributed by atoms with van der Waals surface area (Å²) in [6.07, 6.45) is 15.6. The maximum Gasteiger partial charge on any atom is 0.333 e. The van der Waals surface area contributed by atoms with Gasteiger partial charge in [-0.05, 0) is 48.8 Å². The van der Waals surface area contributed by atoms with Crippen molar-refractivity contribution in [3.05, 3.63) is 30.3 Å². The Kier molecular flexibility index (Phi) is 14.4. The molecule has 0 spiro atoms. The first-order valence-electron chi connectivity index (χ1n) is 10.5. The van der Waals surface area contributed by atoms with E-state index in [-0.39, 0.29) is 4.90 Å². The third-order valence-corrected chi connectivity index (χ3v) is 5.48. The molecular formula is C22H35NO4S. The fourth-order valence-corrected chi connectivity index (χ4v) is 3.43. The zero-order valence-corrected chi connectivity index (χ0v) is 17.9. The van der Waals surface area contributed by atoms with Gasteiger partial charge in [0.05, 0.1) is 4.90 Å². The van der Waals surface area contributed by atoms with Crippen LogP contribution < -0.4 is 5.32 Å². The zero-order chi connectivity index (χ0) is 20.3. The topological polar surface area (TPSA) is 64.6 Å². The van der Waals surface area contributed by atoms with Crippen LogP contribution >= 0.6 is 0 Å². The Labute approximate surface area is 171 Å². The molecule has 0 aromatic heterocycles. The van der Waals surface area contributed by atoms with Crippen molar-refractivity contribution in [2.75, 3.05) is 13.1 Å². The Morgan fingerprint density at radius 2 is 1.46 bits per heavy atom. The van der Waals surface area contributed by atoms with E-state index >= 15 is 0 Å². The van der Waals surface area contributed by atoms with E-state index in [1.54, 1.807) is 18.2 Å². The van der Waals surface area contributed by atoms with Crippen molar-refractivity contribution in [1.82, 2.24) is 5.32 Å². The quantitative estimate of drug-likeness (QED) is 0.176. The highest BCUT2D eigenvalue weighted by atomic mass is 32.2. The van der Waals surface area contributed by atoms with E-state index in [0.717, 1.165) is 25.9 Å². The monoisotopic (exact) mass is 409 g/mol. The van der Waals surface area contributed by atoms with E-state index < -0.39 is 10.1 Å². The molecule has 6 heteroatoms. The Morgan fingerprint density at radius 1 is 0.857 bits per heavy atom. The van der Waals surface area contributed by atoms with Gasteiger partial charge in [-0.3, -0.25) is 4.89 Å². The van der Waals surface area contributed by atoms with Crippen molar-refractivity contribution in [3.8, 4) is 12.0 Å². The molecule has 158 valence electrons. The molecule has 0 aliphatic rings. The van der Waals surface area contributed by atoms with Gasteiger partial charge >= 0.3 is 10.1 Å². The highest BCUT2D eigenvalue weighted by Crippen LogP contribution is 2.11. The smallest absolute Gasteiger partial charge is 0.317 e. The maximum atomic E-state index is 11.8. The van der Waals surface area contributed by atoms with Crippen molar-refractivity contribution in [1.29, 1.82) is 0 Å². The van der Waals surface area contributed by atoms with Crippen molar-refractivity contribution < 1.29 is 17.6 Å². The molecule has 1 rings (SSSR count). The molecule has 0 saturated heterocycles. The third kappa shape index (κ3) is 12.8. The van der Waals surface area contributed by atoms with Gasteiger partial charge in [-0.15, -0.1) is 0 Å². The molecule has 0 atom stereocenters. The lowest BCUT2D eigenvalue weighted by molar-refractivity contribution is -0.127. The summed E-state index contributed by atoms with van der Waals surface area (Å²) in [6.45, 7) is 4.31. The zero-order valence-electron chi connectivity index (χ0n) is 17.1. The van der Waals surface area contributed by atoms with Crippen LogP contribution in [0.3, 0.4) is 0 Å². The average Bonchev–Trinajstić information content (AvgIpc) is 2.71. The second-order valence-corrected chi connectivity index (χ2v) is 8.40. The molecule has 0 amide bonds. The molecule has 1 aromatic carbocycles. The molecular weight excluding hydrogens is 374 g/mol. The van der Waals surface area contributed by atoms with E-state index in [1.807, 2.05) is 0 Å². The van der Waals surface area contributed by atoms with E-state index in [2.05, 4.69) is 33.5 Å². The summed E-state index contributed by atoms with van der Waals surface area (Å²) in [5, 5.41) is 3.45. The van der Waals surface area contributed by atoms with Crippen LogP contribution in [0.4, 0.5) is 0 Å². The van der Waals surface area contributed by atoms with Gasteiger partial charge in [0.2, 0.25) is 0 Å². The summed E-state index contributed by atoms with van der Waals surface area (Å²) >= 11 is 0. The maximum absolute atomic E-state index is 11.8. The summed E-state index contributed by atoms with van der Waals surface area (Å²) in [7, 11) is -3.92. The molecule has 0 unspecified atom stereocenters. The van der Waals surface area contributed by atoms with Gasteiger partial charge in [-0.25, -0.2) is 0 Å². The van der Waals surface area contributed by atoms with E-state index in [4.69, 9.17) is 0 Å². The second-order valence-electron chi connectivity index (χ2n) is 6.88. The molecule has 5 nitrogen and oxygen atoms in total. The van der Waals surface area contributed by atoms with Gasteiger partial charge < -0.3 is 5.32 Å². The fraction of sp³-hybridized carbons (Fsp3) is 0.636. The van der Waals surface area contributed by atoms with Crippen LogP contribution in [-0.4, -0.2) is 21.5 Å². The Hall–Kier alpha value is -1.55. The number of unbranched alkanes of at least 4 members (excludes halogenated alkanes) is 9. The molecule has 1 N–H and O–H groups in total. The standard InChI is InChI=1S/C22H35NO4S/c1-2-3-4-5-6-7-8-14-19-23-20-15-9-10-16-21-26-27-28(24,25)22-17-12-11-13-18-22/h11-13,17-18,23H,2-10,14-15,19-20H2,1H3. The number of benzene rings is 1. The van der Waals surface area contributed by atoms with Crippen LogP contribution in [0.15, 0.2) is 35.2 Å². The SMILES string of the molecule is CCCCCCCCCCNCCCCC#COOS(=O)(=O)c1ccccc1. The summed E-state index contributed by atoms with van der Waals surface area (Å²) in [5.41, 5.74) is 0. The molecule has 0 aliphatic heterocycles. The molecule has 28 heavy (non-hydrogen) atoms. The predicted molar refractivity (Wildman–Crippen MR) is 113 cm³/mol. The van der Waals surface area contributed by atoms with Crippen LogP contribution in [0, 0.1) is 12.0 Å². The molecule has 0 saturated carbocycles. The summed E-state index contributed by atoms with van der Waals surface area (Å²) in [4.78, 5) is 4.54. The number of rotatable bonds is 16. The van der Waals surface area contributed by atoms with Gasteiger partial charge in [-0.1, -0.05) is 76.0 Å². The van der Waals surface area contributed by atoms with Gasteiger partial charge in [0, 0.05) is 6.42 Å². The van der Waals surface area contributed by atoms with Crippen LogP contribution in [0.5, 0.6) is 0 Å². The van der Waals surface area contributed by atoms with Crippen LogP contribution in [0.25, 0.3) is 0 Å². The minimum absolute atomic E-state index is 0.0411. The Balaban J connectivity index is 1.91. The van der Waals surface area contributed by atoms with Crippen molar-refractivity contribution >= 4 is 10.1 Å². The number of nitrogens with one attached hydrogen (secondary N) is 1. The highest BCUT2D eigenvalue weighted by Gasteiger charge is 2.15. The van der Waals surface area contributed by atoms with Crippen LogP contribution in [0.1, 0.15) is 77.6 Å². The third-order valence-electron chi connectivity index (χ3n) is 4.38. The molecule has 0 heterocycles. The molecule has 0 bridgehead atoms. The average molecular weight is 410 g/mol. The number of hydrogen-bond donors (Lipinski definition) is 1. The van der Waals surface area contributed by atoms with Crippen molar-refractivity contribution in [3.63, 3.8) is 0 Å². The second kappa shape index (κ2) is 16.4. The fourth-order valence-electron chi connectivity index (χ4n) is 2.74. The summed E-state index contributed by atoms with van der Waals surface area (Å²) < 4.78 is 28.0.